The molecule has 34 heavy (non-hydrogen) atoms. The summed E-state index contributed by atoms with van der Waals surface area (Å²) < 4.78 is 25.9. The molecule has 0 radical (unpaired) electrons. The van der Waals surface area contributed by atoms with Gasteiger partial charge in [0.05, 0.1) is 6.61 Å². The molecule has 186 valence electrons. The first-order valence-corrected chi connectivity index (χ1v) is 15.1. The maximum Gasteiger partial charge on any atom is 0.261 e. The Morgan fingerprint density at radius 1 is 0.941 bits per heavy atom. The quantitative estimate of drug-likeness (QED) is 0.579. The predicted molar refractivity (Wildman–Crippen MR) is 140 cm³/mol. The van der Waals surface area contributed by atoms with Gasteiger partial charge in [-0.15, -0.1) is 11.8 Å². The Morgan fingerprint density at radius 2 is 1.47 bits per heavy atom. The number of rotatable bonds is 7. The third-order valence-electron chi connectivity index (χ3n) is 6.67. The van der Waals surface area contributed by atoms with E-state index >= 15 is 0 Å². The smallest absolute Gasteiger partial charge is 0.261 e. The lowest BCUT2D eigenvalue weighted by molar-refractivity contribution is -0.166. The Kier molecular flexibility index (Phi) is 7.65. The molecule has 2 aromatic carbocycles. The molecule has 7 heteroatoms. The highest BCUT2D eigenvalue weighted by Gasteiger charge is 2.56. The second kappa shape index (κ2) is 10.0. The van der Waals surface area contributed by atoms with Crippen LogP contribution in [0.3, 0.4) is 0 Å². The topological polar surface area (TPSA) is 57.2 Å². The molecule has 0 bridgehead atoms. The van der Waals surface area contributed by atoms with Crippen LogP contribution in [0.2, 0.25) is 5.04 Å². The minimum atomic E-state index is -2.72. The van der Waals surface area contributed by atoms with E-state index in [9.17, 15) is 5.11 Å². The molecule has 0 aliphatic carbocycles. The molecule has 2 fully saturated rings. The number of hydrogen-bond donors (Lipinski definition) is 1. The minimum Gasteiger partial charge on any atom is -0.405 e. The van der Waals surface area contributed by atoms with Crippen molar-refractivity contribution in [1.82, 2.24) is 0 Å². The summed E-state index contributed by atoms with van der Waals surface area (Å²) >= 11 is 1.59. The number of aliphatic hydroxyl groups excluding tert-OH is 1. The Hall–Kier alpha value is -1.19. The molecule has 4 rings (SSSR count). The molecule has 2 aromatic rings. The summed E-state index contributed by atoms with van der Waals surface area (Å²) in [4.78, 5) is 0. The fraction of sp³-hybridized carbons (Fsp3) is 0.556. The molecular formula is C27H38O5SSi. The van der Waals surface area contributed by atoms with Crippen molar-refractivity contribution in [1.29, 1.82) is 0 Å². The van der Waals surface area contributed by atoms with E-state index in [2.05, 4.69) is 76.2 Å². The zero-order valence-electron chi connectivity index (χ0n) is 21.1. The monoisotopic (exact) mass is 502 g/mol. The average Bonchev–Trinajstić information content (AvgIpc) is 3.13. The molecule has 0 unspecified atom stereocenters. The number of ether oxygens (including phenoxy) is 3. The van der Waals surface area contributed by atoms with Crippen LogP contribution in [0.4, 0.5) is 0 Å². The number of fused-ring (bicyclic) bond motifs is 1. The van der Waals surface area contributed by atoms with E-state index in [-0.39, 0.29) is 16.6 Å². The number of aliphatic hydroxyl groups is 1. The second-order valence-corrected chi connectivity index (χ2v) is 16.2. The zero-order chi connectivity index (χ0) is 24.6. The first kappa shape index (κ1) is 25.9. The van der Waals surface area contributed by atoms with Crippen molar-refractivity contribution in [3.8, 4) is 0 Å². The summed E-state index contributed by atoms with van der Waals surface area (Å²) in [5.41, 5.74) is -0.378. The molecule has 5 nitrogen and oxygen atoms in total. The molecule has 2 heterocycles. The van der Waals surface area contributed by atoms with Crippen LogP contribution in [-0.4, -0.2) is 61.4 Å². The average molecular weight is 503 g/mol. The minimum absolute atomic E-state index is 0.132. The fourth-order valence-corrected chi connectivity index (χ4v) is 10.7. The van der Waals surface area contributed by atoms with E-state index in [0.29, 0.717) is 6.61 Å². The van der Waals surface area contributed by atoms with E-state index in [1.807, 2.05) is 26.0 Å². The number of hydrogen-bond acceptors (Lipinski definition) is 6. The van der Waals surface area contributed by atoms with Gasteiger partial charge in [-0.1, -0.05) is 88.4 Å². The molecule has 1 N–H and O–H groups in total. The molecule has 2 aliphatic heterocycles. The summed E-state index contributed by atoms with van der Waals surface area (Å²) in [5, 5.41) is 13.3. The van der Waals surface area contributed by atoms with Gasteiger partial charge in [-0.2, -0.15) is 0 Å². The zero-order valence-corrected chi connectivity index (χ0v) is 22.9. The lowest BCUT2D eigenvalue weighted by Crippen LogP contribution is -2.68. The van der Waals surface area contributed by atoms with Gasteiger partial charge in [-0.3, -0.25) is 0 Å². The Morgan fingerprint density at radius 3 is 1.97 bits per heavy atom. The summed E-state index contributed by atoms with van der Waals surface area (Å²) in [6.45, 7) is 13.0. The molecule has 0 amide bonds. The van der Waals surface area contributed by atoms with E-state index in [0.717, 1.165) is 5.75 Å². The van der Waals surface area contributed by atoms with Gasteiger partial charge < -0.3 is 23.7 Å². The normalized spacial score (nSPS) is 29.1. The summed E-state index contributed by atoms with van der Waals surface area (Å²) in [7, 11) is -2.72. The van der Waals surface area contributed by atoms with Gasteiger partial charge in [-0.05, 0) is 35.0 Å². The van der Waals surface area contributed by atoms with Crippen molar-refractivity contribution < 1.29 is 23.7 Å². The molecule has 2 aliphatic rings. The molecule has 5 atom stereocenters. The highest BCUT2D eigenvalue weighted by molar-refractivity contribution is 7.99. The Labute approximate surface area is 209 Å². The Bertz CT molecular complexity index is 894. The van der Waals surface area contributed by atoms with Crippen molar-refractivity contribution in [2.24, 2.45) is 0 Å². The number of benzene rings is 2. The highest BCUT2D eigenvalue weighted by Crippen LogP contribution is 2.42. The van der Waals surface area contributed by atoms with Crippen LogP contribution in [0.25, 0.3) is 0 Å². The lowest BCUT2D eigenvalue weighted by atomic mass is 10.0. The van der Waals surface area contributed by atoms with Gasteiger partial charge in [-0.25, -0.2) is 0 Å². The van der Waals surface area contributed by atoms with Crippen LogP contribution in [0.5, 0.6) is 0 Å². The molecule has 0 saturated carbocycles. The maximum atomic E-state index is 11.0. The van der Waals surface area contributed by atoms with Crippen molar-refractivity contribution in [2.75, 3.05) is 12.4 Å². The van der Waals surface area contributed by atoms with Crippen LogP contribution in [0, 0.1) is 0 Å². The number of thioether (sulfide) groups is 1. The van der Waals surface area contributed by atoms with Crippen LogP contribution in [0.1, 0.15) is 41.5 Å². The summed E-state index contributed by atoms with van der Waals surface area (Å²) in [6.07, 6.45) is -1.93. The summed E-state index contributed by atoms with van der Waals surface area (Å²) in [5.74, 6) is 0.0623. The van der Waals surface area contributed by atoms with Gasteiger partial charge in [0.15, 0.2) is 5.79 Å². The van der Waals surface area contributed by atoms with E-state index in [1.54, 1.807) is 11.8 Å². The third-order valence-corrected chi connectivity index (χ3v) is 12.7. The van der Waals surface area contributed by atoms with E-state index < -0.39 is 32.4 Å². The van der Waals surface area contributed by atoms with Crippen LogP contribution >= 0.6 is 11.8 Å². The molecule has 0 aromatic heterocycles. The first-order valence-electron chi connectivity index (χ1n) is 12.1. The van der Waals surface area contributed by atoms with Crippen molar-refractivity contribution >= 4 is 30.5 Å². The summed E-state index contributed by atoms with van der Waals surface area (Å²) in [6, 6.07) is 21.2. The fourth-order valence-electron chi connectivity index (χ4n) is 5.26. The second-order valence-electron chi connectivity index (χ2n) is 10.5. The van der Waals surface area contributed by atoms with Crippen LogP contribution in [-0.2, 0) is 18.6 Å². The van der Waals surface area contributed by atoms with Crippen LogP contribution in [0.15, 0.2) is 60.7 Å². The molecular weight excluding hydrogens is 464 g/mol. The largest absolute Gasteiger partial charge is 0.405 e. The van der Waals surface area contributed by atoms with E-state index in [1.165, 1.54) is 10.4 Å². The third kappa shape index (κ3) is 4.89. The molecule has 0 spiro atoms. The van der Waals surface area contributed by atoms with Crippen molar-refractivity contribution in [3.63, 3.8) is 0 Å². The highest BCUT2D eigenvalue weighted by atomic mass is 32.2. The SMILES string of the molecule is CCS[C@@H]1O[C@H](CO[Si](c2ccccc2)(c2ccccc2)C(C)(C)C)[C@@H]2OC(C)(C)O[C@@H]2[C@H]1O. The van der Waals surface area contributed by atoms with Gasteiger partial charge >= 0.3 is 0 Å². The van der Waals surface area contributed by atoms with E-state index in [4.69, 9.17) is 18.6 Å². The maximum absolute atomic E-state index is 11.0. The molecule has 2 saturated heterocycles. The van der Waals surface area contributed by atoms with Crippen molar-refractivity contribution in [3.05, 3.63) is 60.7 Å². The van der Waals surface area contributed by atoms with Crippen LogP contribution < -0.4 is 10.4 Å². The lowest BCUT2D eigenvalue weighted by Gasteiger charge is -2.45. The Balaban J connectivity index is 1.71. The first-order chi connectivity index (χ1) is 16.1. The predicted octanol–water partition coefficient (Wildman–Crippen LogP) is 3.92. The standard InChI is InChI=1S/C27H38O5SSi/c1-7-33-25-22(28)24-23(31-27(5,6)32-24)21(30-25)18-29-34(26(2,3)4,19-14-10-8-11-15-19)20-16-12-9-13-17-20/h8-17,21-25,28H,7,18H2,1-6H3/t21-,22-,23+,24-,25+/m1/s1. The van der Waals surface area contributed by atoms with Gasteiger partial charge in [0.2, 0.25) is 0 Å². The van der Waals surface area contributed by atoms with Crippen molar-refractivity contribution in [2.45, 2.75) is 82.2 Å². The van der Waals surface area contributed by atoms with Gasteiger partial charge in [0.25, 0.3) is 8.32 Å². The van der Waals surface area contributed by atoms with Gasteiger partial charge in [0.1, 0.15) is 29.9 Å². The van der Waals surface area contributed by atoms with Gasteiger partial charge in [0, 0.05) is 0 Å².